The molecule has 0 aliphatic carbocycles. The van der Waals surface area contributed by atoms with Crippen molar-refractivity contribution in [1.82, 2.24) is 19.6 Å². The molecule has 0 fully saturated rings. The molecule has 10 nitrogen and oxygen atoms in total. The van der Waals surface area contributed by atoms with E-state index < -0.39 is 4.92 Å². The summed E-state index contributed by atoms with van der Waals surface area (Å²) in [6.07, 6.45) is 5.37. The number of fused-ring (bicyclic) bond motifs is 3. The van der Waals surface area contributed by atoms with Gasteiger partial charge in [0.25, 0.3) is 11.6 Å². The second kappa shape index (κ2) is 8.79. The van der Waals surface area contributed by atoms with Crippen molar-refractivity contribution >= 4 is 57.8 Å². The van der Waals surface area contributed by atoms with E-state index in [4.69, 9.17) is 10.7 Å². The number of aromatic nitrogens is 4. The lowest BCUT2D eigenvalue weighted by molar-refractivity contribution is -0.384. The van der Waals surface area contributed by atoms with Gasteiger partial charge in [-0.2, -0.15) is 0 Å². The van der Waals surface area contributed by atoms with E-state index in [0.29, 0.717) is 28.7 Å². The standard InChI is InChI=1S/C24H18N8O2/c25-19-15-17(32(33)34)12-13-21(19)28-24-27-20-11-5-4-10-18(20)22-29-30-23(31(22)24)26-14-6-9-16-7-2-1-3-8-16/h1-15H,25H2,(H,27,28)/b9-6+,26-14+. The number of hydrogen-bond donors (Lipinski definition) is 2. The molecule has 166 valence electrons. The number of non-ortho nitro benzene ring substituents is 1. The summed E-state index contributed by atoms with van der Waals surface area (Å²) in [5.74, 6) is 0.687. The molecule has 0 aliphatic rings. The molecule has 2 heterocycles. The Morgan fingerprint density at radius 2 is 1.82 bits per heavy atom. The highest BCUT2D eigenvalue weighted by Gasteiger charge is 2.16. The van der Waals surface area contributed by atoms with Crippen LogP contribution in [0.2, 0.25) is 0 Å². The van der Waals surface area contributed by atoms with Gasteiger partial charge in [0.05, 0.1) is 21.8 Å². The number of anilines is 3. The van der Waals surface area contributed by atoms with E-state index in [0.717, 1.165) is 10.9 Å². The molecule has 0 saturated carbocycles. The maximum Gasteiger partial charge on any atom is 0.271 e. The molecule has 0 amide bonds. The van der Waals surface area contributed by atoms with Gasteiger partial charge in [-0.1, -0.05) is 48.5 Å². The van der Waals surface area contributed by atoms with Crippen LogP contribution in [0.4, 0.5) is 29.0 Å². The van der Waals surface area contributed by atoms with Crippen LogP contribution in [0, 0.1) is 10.1 Å². The van der Waals surface area contributed by atoms with Gasteiger partial charge >= 0.3 is 0 Å². The van der Waals surface area contributed by atoms with Crippen LogP contribution in [0.5, 0.6) is 0 Å². The number of rotatable bonds is 6. The monoisotopic (exact) mass is 450 g/mol. The van der Waals surface area contributed by atoms with Crippen molar-refractivity contribution in [1.29, 1.82) is 0 Å². The van der Waals surface area contributed by atoms with E-state index in [2.05, 4.69) is 20.5 Å². The zero-order valence-corrected chi connectivity index (χ0v) is 17.7. The first-order chi connectivity index (χ1) is 16.6. The van der Waals surface area contributed by atoms with Crippen LogP contribution in [0.25, 0.3) is 22.6 Å². The molecule has 0 atom stereocenters. The number of nitrogens with zero attached hydrogens (tertiary/aromatic N) is 6. The van der Waals surface area contributed by atoms with Gasteiger partial charge in [0.1, 0.15) is 0 Å². The quantitative estimate of drug-likeness (QED) is 0.162. The number of benzene rings is 3. The van der Waals surface area contributed by atoms with Crippen molar-refractivity contribution in [3.63, 3.8) is 0 Å². The van der Waals surface area contributed by atoms with E-state index >= 15 is 0 Å². The van der Waals surface area contributed by atoms with Gasteiger partial charge in [-0.15, -0.1) is 10.2 Å². The third-order valence-corrected chi connectivity index (χ3v) is 5.09. The van der Waals surface area contributed by atoms with Crippen LogP contribution in [-0.4, -0.2) is 30.7 Å². The number of nitro groups is 1. The van der Waals surface area contributed by atoms with Gasteiger partial charge in [-0.05, 0) is 29.8 Å². The number of nitrogen functional groups attached to an aromatic ring is 1. The van der Waals surface area contributed by atoms with Crippen molar-refractivity contribution < 1.29 is 4.92 Å². The number of nitro benzene ring substituents is 1. The summed E-state index contributed by atoms with van der Waals surface area (Å²) >= 11 is 0. The SMILES string of the molecule is Nc1cc([N+](=O)[O-])ccc1Nc1nc2ccccc2c2nnc(/N=C/C=C/c3ccccc3)n12. The highest BCUT2D eigenvalue weighted by atomic mass is 16.6. The van der Waals surface area contributed by atoms with Crippen molar-refractivity contribution in [3.8, 4) is 0 Å². The van der Waals surface area contributed by atoms with Crippen LogP contribution < -0.4 is 11.1 Å². The fourth-order valence-corrected chi connectivity index (χ4v) is 3.46. The van der Waals surface area contributed by atoms with Gasteiger partial charge in [-0.3, -0.25) is 10.1 Å². The Kier molecular flexibility index (Phi) is 5.37. The first kappa shape index (κ1) is 20.8. The Hall–Kier alpha value is -5.12. The van der Waals surface area contributed by atoms with E-state index in [-0.39, 0.29) is 11.4 Å². The van der Waals surface area contributed by atoms with E-state index in [1.165, 1.54) is 18.2 Å². The average molecular weight is 450 g/mol. The van der Waals surface area contributed by atoms with Crippen molar-refractivity contribution in [2.45, 2.75) is 0 Å². The lowest BCUT2D eigenvalue weighted by Crippen LogP contribution is -2.05. The Morgan fingerprint density at radius 1 is 1.03 bits per heavy atom. The number of hydrogen-bond acceptors (Lipinski definition) is 8. The summed E-state index contributed by atoms with van der Waals surface area (Å²) in [5.41, 5.74) is 8.94. The average Bonchev–Trinajstić information content (AvgIpc) is 3.28. The number of nitrogens with one attached hydrogen (secondary N) is 1. The predicted octanol–water partition coefficient (Wildman–Crippen LogP) is 4.93. The first-order valence-electron chi connectivity index (χ1n) is 10.3. The van der Waals surface area contributed by atoms with Crippen LogP contribution >= 0.6 is 0 Å². The second-order valence-corrected chi connectivity index (χ2v) is 7.31. The van der Waals surface area contributed by atoms with Gasteiger partial charge in [-0.25, -0.2) is 14.4 Å². The normalized spacial score (nSPS) is 11.6. The highest BCUT2D eigenvalue weighted by Crippen LogP contribution is 2.30. The molecule has 0 aliphatic heterocycles. The topological polar surface area (TPSA) is 137 Å². The van der Waals surface area contributed by atoms with E-state index in [1.807, 2.05) is 66.7 Å². The molecule has 5 aromatic rings. The summed E-state index contributed by atoms with van der Waals surface area (Å²) in [6, 6.07) is 21.6. The highest BCUT2D eigenvalue weighted by molar-refractivity contribution is 5.93. The largest absolute Gasteiger partial charge is 0.397 e. The lowest BCUT2D eigenvalue weighted by atomic mass is 10.2. The van der Waals surface area contributed by atoms with E-state index in [9.17, 15) is 10.1 Å². The maximum atomic E-state index is 11.0. The van der Waals surface area contributed by atoms with Gasteiger partial charge in [0, 0.05) is 23.7 Å². The Balaban J connectivity index is 1.57. The molecule has 2 aromatic heterocycles. The minimum absolute atomic E-state index is 0.0977. The molecule has 0 radical (unpaired) electrons. The Morgan fingerprint density at radius 3 is 2.62 bits per heavy atom. The van der Waals surface area contributed by atoms with Crippen molar-refractivity contribution in [2.75, 3.05) is 11.1 Å². The van der Waals surface area contributed by atoms with Crippen LogP contribution in [0.3, 0.4) is 0 Å². The fourth-order valence-electron chi connectivity index (χ4n) is 3.46. The molecule has 0 unspecified atom stereocenters. The van der Waals surface area contributed by atoms with Gasteiger partial charge < -0.3 is 11.1 Å². The summed E-state index contributed by atoms with van der Waals surface area (Å²) in [4.78, 5) is 19.7. The predicted molar refractivity (Wildman–Crippen MR) is 133 cm³/mol. The molecule has 34 heavy (non-hydrogen) atoms. The molecule has 0 bridgehead atoms. The summed E-state index contributed by atoms with van der Waals surface area (Å²) < 4.78 is 1.68. The smallest absolute Gasteiger partial charge is 0.271 e. The molecular weight excluding hydrogens is 432 g/mol. The molecule has 3 N–H and O–H groups in total. The number of nitrogens with two attached hydrogens (primary N) is 1. The maximum absolute atomic E-state index is 11.0. The van der Waals surface area contributed by atoms with Crippen molar-refractivity contribution in [2.24, 2.45) is 4.99 Å². The number of allylic oxidation sites excluding steroid dienone is 1. The Bertz CT molecular complexity index is 1570. The second-order valence-electron chi connectivity index (χ2n) is 7.31. The van der Waals surface area contributed by atoms with Crippen LogP contribution in [-0.2, 0) is 0 Å². The van der Waals surface area contributed by atoms with E-state index in [1.54, 1.807) is 10.6 Å². The van der Waals surface area contributed by atoms with Gasteiger partial charge in [0.2, 0.25) is 5.95 Å². The third-order valence-electron chi connectivity index (χ3n) is 5.09. The first-order valence-corrected chi connectivity index (χ1v) is 10.3. The minimum Gasteiger partial charge on any atom is -0.397 e. The lowest BCUT2D eigenvalue weighted by Gasteiger charge is -2.12. The fraction of sp³-hybridized carbons (Fsp3) is 0. The number of aliphatic imine (C=N–C) groups is 1. The van der Waals surface area contributed by atoms with Gasteiger partial charge in [0.15, 0.2) is 5.65 Å². The zero-order chi connectivity index (χ0) is 23.5. The third kappa shape index (κ3) is 4.02. The summed E-state index contributed by atoms with van der Waals surface area (Å²) in [6.45, 7) is 0. The molecule has 5 rings (SSSR count). The Labute approximate surface area is 193 Å². The van der Waals surface area contributed by atoms with Crippen LogP contribution in [0.1, 0.15) is 5.56 Å². The minimum atomic E-state index is -0.498. The van der Waals surface area contributed by atoms with Crippen molar-refractivity contribution in [3.05, 3.63) is 94.6 Å². The molecular formula is C24H18N8O2. The summed E-state index contributed by atoms with van der Waals surface area (Å²) in [5, 5.41) is 23.6. The van der Waals surface area contributed by atoms with Crippen LogP contribution in [0.15, 0.2) is 83.9 Å². The number of para-hydroxylation sites is 1. The molecule has 0 spiro atoms. The molecule has 3 aromatic carbocycles. The summed E-state index contributed by atoms with van der Waals surface area (Å²) in [7, 11) is 0. The zero-order valence-electron chi connectivity index (χ0n) is 17.7. The molecule has 0 saturated heterocycles. The molecule has 10 heteroatoms.